The van der Waals surface area contributed by atoms with Gasteiger partial charge in [0, 0.05) is 37.8 Å². The fraction of sp³-hybridized carbons (Fsp3) is 0.421. The zero-order valence-corrected chi connectivity index (χ0v) is 14.2. The van der Waals surface area contributed by atoms with Crippen LogP contribution in [0, 0.1) is 0 Å². The number of carbonyl (C=O) groups is 1. The Kier molecular flexibility index (Phi) is 4.61. The molecule has 0 radical (unpaired) electrons. The van der Waals surface area contributed by atoms with Crippen LogP contribution in [-0.2, 0) is 4.74 Å². The molecule has 6 nitrogen and oxygen atoms in total. The molecule has 0 bridgehead atoms. The minimum Gasteiger partial charge on any atom is -0.378 e. The highest BCUT2D eigenvalue weighted by atomic mass is 16.5. The van der Waals surface area contributed by atoms with Gasteiger partial charge in [-0.3, -0.25) is 4.79 Å². The summed E-state index contributed by atoms with van der Waals surface area (Å²) in [6.07, 6.45) is 2.33. The zero-order chi connectivity index (χ0) is 17.1. The quantitative estimate of drug-likeness (QED) is 0.859. The van der Waals surface area contributed by atoms with Crippen LogP contribution in [0.2, 0.25) is 0 Å². The lowest BCUT2D eigenvalue weighted by atomic mass is 10.2. The molecule has 1 aromatic heterocycles. The van der Waals surface area contributed by atoms with E-state index in [9.17, 15) is 4.79 Å². The van der Waals surface area contributed by atoms with Crippen LogP contribution in [0.1, 0.15) is 23.3 Å². The Morgan fingerprint density at radius 3 is 2.40 bits per heavy atom. The Bertz CT molecular complexity index is 738. The van der Waals surface area contributed by atoms with E-state index in [0.717, 1.165) is 37.3 Å². The summed E-state index contributed by atoms with van der Waals surface area (Å²) >= 11 is 0. The summed E-state index contributed by atoms with van der Waals surface area (Å²) < 4.78 is 5.35. The molecule has 0 spiro atoms. The van der Waals surface area contributed by atoms with Crippen molar-refractivity contribution in [3.8, 4) is 11.4 Å². The van der Waals surface area contributed by atoms with Crippen molar-refractivity contribution in [3.05, 3.63) is 42.1 Å². The van der Waals surface area contributed by atoms with E-state index in [4.69, 9.17) is 9.72 Å². The number of rotatable bonds is 3. The minimum absolute atomic E-state index is 0.0386. The maximum atomic E-state index is 12.9. The van der Waals surface area contributed by atoms with E-state index >= 15 is 0 Å². The first kappa shape index (κ1) is 16.0. The number of benzene rings is 1. The highest BCUT2D eigenvalue weighted by Crippen LogP contribution is 2.23. The van der Waals surface area contributed by atoms with Gasteiger partial charge in [-0.1, -0.05) is 30.3 Å². The molecule has 130 valence electrons. The highest BCUT2D eigenvalue weighted by molar-refractivity contribution is 5.93. The topological polar surface area (TPSA) is 58.6 Å². The van der Waals surface area contributed by atoms with E-state index in [-0.39, 0.29) is 5.91 Å². The van der Waals surface area contributed by atoms with Crippen LogP contribution in [0.15, 0.2) is 36.4 Å². The van der Waals surface area contributed by atoms with Gasteiger partial charge in [-0.05, 0) is 12.8 Å². The number of ether oxygens (including phenoxy) is 1. The summed E-state index contributed by atoms with van der Waals surface area (Å²) in [5.74, 6) is 1.42. The second-order valence-electron chi connectivity index (χ2n) is 6.40. The molecule has 2 fully saturated rings. The van der Waals surface area contributed by atoms with Crippen molar-refractivity contribution in [2.75, 3.05) is 44.3 Å². The largest absolute Gasteiger partial charge is 0.378 e. The van der Waals surface area contributed by atoms with Gasteiger partial charge in [0.2, 0.25) is 0 Å². The molecular weight excluding hydrogens is 316 g/mol. The second kappa shape index (κ2) is 7.19. The van der Waals surface area contributed by atoms with Crippen LogP contribution in [-0.4, -0.2) is 60.2 Å². The van der Waals surface area contributed by atoms with Gasteiger partial charge in [0.1, 0.15) is 11.5 Å². The smallest absolute Gasteiger partial charge is 0.272 e. The van der Waals surface area contributed by atoms with Gasteiger partial charge in [0.05, 0.1) is 13.2 Å². The van der Waals surface area contributed by atoms with Gasteiger partial charge >= 0.3 is 0 Å². The molecule has 2 aliphatic heterocycles. The monoisotopic (exact) mass is 338 g/mol. The number of hydrogen-bond acceptors (Lipinski definition) is 5. The van der Waals surface area contributed by atoms with Gasteiger partial charge < -0.3 is 14.5 Å². The number of hydrogen-bond donors (Lipinski definition) is 0. The molecule has 0 atom stereocenters. The molecule has 0 aliphatic carbocycles. The lowest BCUT2D eigenvalue weighted by molar-refractivity contribution is 0.0299. The molecule has 4 rings (SSSR count). The number of carbonyl (C=O) groups excluding carboxylic acids is 1. The molecular formula is C19H22N4O2. The maximum absolute atomic E-state index is 12.9. The van der Waals surface area contributed by atoms with Crippen molar-refractivity contribution >= 4 is 11.7 Å². The highest BCUT2D eigenvalue weighted by Gasteiger charge is 2.23. The molecule has 2 aromatic rings. The fourth-order valence-corrected chi connectivity index (χ4v) is 3.30. The summed E-state index contributed by atoms with van der Waals surface area (Å²) in [4.78, 5) is 26.3. The Hall–Kier alpha value is -2.47. The SMILES string of the molecule is O=C(c1cc(N2CCCC2)nc(-c2ccccc2)n1)N1CCOCC1. The third-order valence-corrected chi connectivity index (χ3v) is 4.69. The van der Waals surface area contributed by atoms with E-state index in [1.807, 2.05) is 41.3 Å². The summed E-state index contributed by atoms with van der Waals surface area (Å²) in [5.41, 5.74) is 1.40. The predicted octanol–water partition coefficient (Wildman–Crippen LogP) is 2.22. The molecule has 1 aromatic carbocycles. The van der Waals surface area contributed by atoms with E-state index in [0.29, 0.717) is 37.8 Å². The lowest BCUT2D eigenvalue weighted by Crippen LogP contribution is -2.41. The number of nitrogens with zero attached hydrogens (tertiary/aromatic N) is 4. The fourth-order valence-electron chi connectivity index (χ4n) is 3.30. The molecule has 6 heteroatoms. The normalized spacial score (nSPS) is 17.8. The summed E-state index contributed by atoms with van der Waals surface area (Å²) in [7, 11) is 0. The van der Waals surface area contributed by atoms with Crippen LogP contribution in [0.25, 0.3) is 11.4 Å². The van der Waals surface area contributed by atoms with Crippen LogP contribution in [0.5, 0.6) is 0 Å². The first-order chi connectivity index (χ1) is 12.3. The van der Waals surface area contributed by atoms with Crippen molar-refractivity contribution in [1.82, 2.24) is 14.9 Å². The zero-order valence-electron chi connectivity index (χ0n) is 14.2. The summed E-state index contributed by atoms with van der Waals surface area (Å²) in [6, 6.07) is 11.7. The number of morpholine rings is 1. The molecule has 0 N–H and O–H groups in total. The van der Waals surface area contributed by atoms with Crippen molar-refractivity contribution in [3.63, 3.8) is 0 Å². The molecule has 0 saturated carbocycles. The Labute approximate surface area is 147 Å². The lowest BCUT2D eigenvalue weighted by Gasteiger charge is -2.27. The van der Waals surface area contributed by atoms with E-state index < -0.39 is 0 Å². The van der Waals surface area contributed by atoms with Crippen molar-refractivity contribution in [2.45, 2.75) is 12.8 Å². The van der Waals surface area contributed by atoms with E-state index in [2.05, 4.69) is 9.88 Å². The van der Waals surface area contributed by atoms with Gasteiger partial charge in [-0.2, -0.15) is 0 Å². The first-order valence-electron chi connectivity index (χ1n) is 8.88. The number of amides is 1. The number of aromatic nitrogens is 2. The Morgan fingerprint density at radius 2 is 1.68 bits per heavy atom. The first-order valence-corrected chi connectivity index (χ1v) is 8.88. The molecule has 0 unspecified atom stereocenters. The third kappa shape index (κ3) is 3.49. The minimum atomic E-state index is -0.0386. The third-order valence-electron chi connectivity index (χ3n) is 4.69. The van der Waals surface area contributed by atoms with Gasteiger partial charge in [0.25, 0.3) is 5.91 Å². The van der Waals surface area contributed by atoms with E-state index in [1.165, 1.54) is 0 Å². The van der Waals surface area contributed by atoms with Crippen molar-refractivity contribution < 1.29 is 9.53 Å². The Balaban J connectivity index is 1.71. The number of anilines is 1. The standard InChI is InChI=1S/C19H22N4O2/c24-19(23-10-12-25-13-11-23)16-14-17(22-8-4-5-9-22)21-18(20-16)15-6-2-1-3-7-15/h1-3,6-7,14H,4-5,8-13H2. The summed E-state index contributed by atoms with van der Waals surface area (Å²) in [6.45, 7) is 4.36. The molecule has 2 aliphatic rings. The van der Waals surface area contributed by atoms with Crippen molar-refractivity contribution in [1.29, 1.82) is 0 Å². The molecule has 3 heterocycles. The van der Waals surface area contributed by atoms with Gasteiger partial charge in [-0.15, -0.1) is 0 Å². The van der Waals surface area contributed by atoms with Crippen LogP contribution >= 0.6 is 0 Å². The van der Waals surface area contributed by atoms with Crippen LogP contribution in [0.4, 0.5) is 5.82 Å². The van der Waals surface area contributed by atoms with Gasteiger partial charge in [0.15, 0.2) is 5.82 Å². The molecule has 1 amide bonds. The van der Waals surface area contributed by atoms with Crippen LogP contribution < -0.4 is 4.90 Å². The van der Waals surface area contributed by atoms with Gasteiger partial charge in [-0.25, -0.2) is 9.97 Å². The van der Waals surface area contributed by atoms with E-state index in [1.54, 1.807) is 0 Å². The molecule has 25 heavy (non-hydrogen) atoms. The predicted molar refractivity (Wildman–Crippen MR) is 95.6 cm³/mol. The summed E-state index contributed by atoms with van der Waals surface area (Å²) in [5, 5.41) is 0. The van der Waals surface area contributed by atoms with Crippen molar-refractivity contribution in [2.24, 2.45) is 0 Å². The average Bonchev–Trinajstić information content (AvgIpc) is 3.23. The maximum Gasteiger partial charge on any atom is 0.272 e. The average molecular weight is 338 g/mol. The Morgan fingerprint density at radius 1 is 0.960 bits per heavy atom. The molecule has 2 saturated heterocycles. The second-order valence-corrected chi connectivity index (χ2v) is 6.40. The van der Waals surface area contributed by atoms with Crippen LogP contribution in [0.3, 0.4) is 0 Å².